The maximum Gasteiger partial charge on any atom is 0.167 e. The number of H-pyrrole nitrogens is 1. The molecule has 0 aromatic carbocycles. The zero-order valence-corrected chi connectivity index (χ0v) is 15.8. The highest BCUT2D eigenvalue weighted by molar-refractivity contribution is 4.98. The van der Waals surface area contributed by atoms with Crippen molar-refractivity contribution in [2.75, 3.05) is 32.7 Å². The van der Waals surface area contributed by atoms with Crippen LogP contribution in [-0.4, -0.2) is 57.7 Å². The lowest BCUT2D eigenvalue weighted by molar-refractivity contribution is 0.171. The van der Waals surface area contributed by atoms with E-state index in [-0.39, 0.29) is 0 Å². The first-order valence-electron chi connectivity index (χ1n) is 9.97. The Labute approximate surface area is 147 Å². The molecule has 1 aliphatic carbocycles. The molecule has 2 fully saturated rings. The summed E-state index contributed by atoms with van der Waals surface area (Å²) in [5, 5.41) is 7.52. The van der Waals surface area contributed by atoms with Gasteiger partial charge in [0.25, 0.3) is 0 Å². The molecule has 1 aromatic rings. The monoisotopic (exact) mass is 333 g/mol. The molecule has 0 radical (unpaired) electrons. The molecule has 0 spiro atoms. The van der Waals surface area contributed by atoms with E-state index in [0.717, 1.165) is 37.1 Å². The van der Waals surface area contributed by atoms with Gasteiger partial charge in [-0.3, -0.25) is 10.00 Å². The molecule has 1 atom stereocenters. The molecule has 2 aliphatic rings. The zero-order valence-electron chi connectivity index (χ0n) is 15.8. The van der Waals surface area contributed by atoms with Crippen LogP contribution in [0.3, 0.4) is 0 Å². The van der Waals surface area contributed by atoms with Crippen molar-refractivity contribution in [3.05, 3.63) is 11.6 Å². The summed E-state index contributed by atoms with van der Waals surface area (Å²) in [5.41, 5.74) is 0. The predicted molar refractivity (Wildman–Crippen MR) is 97.9 cm³/mol. The van der Waals surface area contributed by atoms with Crippen LogP contribution >= 0.6 is 0 Å². The van der Waals surface area contributed by atoms with Gasteiger partial charge in [-0.1, -0.05) is 33.1 Å². The summed E-state index contributed by atoms with van der Waals surface area (Å²) in [4.78, 5) is 9.98. The molecule has 1 N–H and O–H groups in total. The molecule has 3 rings (SSSR count). The highest BCUT2D eigenvalue weighted by atomic mass is 15.3. The first kappa shape index (κ1) is 17.9. The zero-order chi connectivity index (χ0) is 16.9. The van der Waals surface area contributed by atoms with Crippen LogP contribution in [0.25, 0.3) is 0 Å². The Kier molecular flexibility index (Phi) is 6.28. The maximum absolute atomic E-state index is 4.65. The van der Waals surface area contributed by atoms with E-state index in [1.807, 2.05) is 6.92 Å². The lowest BCUT2D eigenvalue weighted by Crippen LogP contribution is -2.36. The molecular formula is C19H35N5. The van der Waals surface area contributed by atoms with E-state index in [0.29, 0.717) is 12.0 Å². The van der Waals surface area contributed by atoms with Crippen molar-refractivity contribution >= 4 is 0 Å². The third-order valence-corrected chi connectivity index (χ3v) is 5.62. The Balaban J connectivity index is 1.64. The molecule has 1 aliphatic heterocycles. The highest BCUT2D eigenvalue weighted by Gasteiger charge is 2.29. The molecule has 24 heavy (non-hydrogen) atoms. The minimum atomic E-state index is 0.369. The van der Waals surface area contributed by atoms with Gasteiger partial charge in [0.2, 0.25) is 0 Å². The van der Waals surface area contributed by atoms with Gasteiger partial charge in [0.15, 0.2) is 5.82 Å². The van der Waals surface area contributed by atoms with E-state index in [2.05, 4.69) is 38.8 Å². The van der Waals surface area contributed by atoms with E-state index >= 15 is 0 Å². The van der Waals surface area contributed by atoms with Gasteiger partial charge < -0.3 is 4.90 Å². The number of aromatic amines is 1. The van der Waals surface area contributed by atoms with Crippen LogP contribution in [0.5, 0.6) is 0 Å². The smallest absolute Gasteiger partial charge is 0.167 e. The Morgan fingerprint density at radius 2 is 1.88 bits per heavy atom. The molecule has 2 heterocycles. The number of nitrogens with zero attached hydrogens (tertiary/aromatic N) is 4. The van der Waals surface area contributed by atoms with Crippen molar-refractivity contribution in [1.29, 1.82) is 0 Å². The van der Waals surface area contributed by atoms with E-state index in [1.54, 1.807) is 0 Å². The van der Waals surface area contributed by atoms with Gasteiger partial charge in [-0.25, -0.2) is 4.98 Å². The van der Waals surface area contributed by atoms with Crippen molar-refractivity contribution in [3.8, 4) is 0 Å². The van der Waals surface area contributed by atoms with E-state index in [1.165, 1.54) is 51.7 Å². The van der Waals surface area contributed by atoms with Gasteiger partial charge >= 0.3 is 0 Å². The van der Waals surface area contributed by atoms with Gasteiger partial charge in [0, 0.05) is 32.7 Å². The van der Waals surface area contributed by atoms with Crippen molar-refractivity contribution in [3.63, 3.8) is 0 Å². The fourth-order valence-corrected chi connectivity index (χ4v) is 4.43. The average molecular weight is 334 g/mol. The number of aryl methyl sites for hydroxylation is 1. The van der Waals surface area contributed by atoms with Crippen LogP contribution in [0.1, 0.15) is 70.1 Å². The van der Waals surface area contributed by atoms with E-state index in [9.17, 15) is 0 Å². The fourth-order valence-electron chi connectivity index (χ4n) is 4.43. The number of hydrogen-bond acceptors (Lipinski definition) is 4. The Bertz CT molecular complexity index is 492. The summed E-state index contributed by atoms with van der Waals surface area (Å²) in [5.74, 6) is 3.53. The van der Waals surface area contributed by atoms with Crippen LogP contribution in [-0.2, 0) is 0 Å². The van der Waals surface area contributed by atoms with Gasteiger partial charge in [-0.2, -0.15) is 5.10 Å². The van der Waals surface area contributed by atoms with Crippen LogP contribution in [0.15, 0.2) is 0 Å². The largest absolute Gasteiger partial charge is 0.302 e. The fraction of sp³-hybridized carbons (Fsp3) is 0.895. The van der Waals surface area contributed by atoms with Crippen LogP contribution in [0, 0.1) is 18.8 Å². The summed E-state index contributed by atoms with van der Waals surface area (Å²) in [6, 6.07) is 0.369. The summed E-state index contributed by atoms with van der Waals surface area (Å²) in [6.45, 7) is 12.6. The Morgan fingerprint density at radius 1 is 1.08 bits per heavy atom. The molecule has 1 saturated heterocycles. The summed E-state index contributed by atoms with van der Waals surface area (Å²) in [6.07, 6.45) is 8.36. The standard InChI is InChI=1S/C19H35N5/c1-15(2)13-24-12-11-23(14-17-7-5-4-6-8-17)10-9-18(24)19-20-16(3)21-22-19/h15,17-18H,4-14H2,1-3H3,(H,20,21,22). The second kappa shape index (κ2) is 8.43. The third kappa shape index (κ3) is 4.79. The SMILES string of the molecule is Cc1nc(C2CCN(CC3CCCCC3)CCN2CC(C)C)n[nH]1. The molecular weight excluding hydrogens is 298 g/mol. The number of hydrogen-bond donors (Lipinski definition) is 1. The average Bonchev–Trinajstić information content (AvgIpc) is 2.89. The summed E-state index contributed by atoms with van der Waals surface area (Å²) in [7, 11) is 0. The quantitative estimate of drug-likeness (QED) is 0.897. The molecule has 1 saturated carbocycles. The topological polar surface area (TPSA) is 48.1 Å². The summed E-state index contributed by atoms with van der Waals surface area (Å²) >= 11 is 0. The molecule has 1 aromatic heterocycles. The molecule has 136 valence electrons. The summed E-state index contributed by atoms with van der Waals surface area (Å²) < 4.78 is 0. The van der Waals surface area contributed by atoms with Crippen molar-refractivity contribution in [1.82, 2.24) is 25.0 Å². The van der Waals surface area contributed by atoms with Crippen LogP contribution < -0.4 is 0 Å². The third-order valence-electron chi connectivity index (χ3n) is 5.62. The van der Waals surface area contributed by atoms with Gasteiger partial charge in [0.05, 0.1) is 6.04 Å². The van der Waals surface area contributed by atoms with Gasteiger partial charge in [-0.05, 0) is 38.0 Å². The molecule has 0 amide bonds. The number of nitrogens with one attached hydrogen (secondary N) is 1. The molecule has 0 bridgehead atoms. The normalized spacial score (nSPS) is 25.2. The molecule has 1 unspecified atom stereocenters. The van der Waals surface area contributed by atoms with E-state index in [4.69, 9.17) is 0 Å². The van der Waals surface area contributed by atoms with Crippen molar-refractivity contribution in [2.45, 2.75) is 65.3 Å². The molecule has 5 nitrogen and oxygen atoms in total. The van der Waals surface area contributed by atoms with Crippen LogP contribution in [0.4, 0.5) is 0 Å². The number of rotatable bonds is 5. The second-order valence-corrected chi connectivity index (χ2v) is 8.28. The predicted octanol–water partition coefficient (Wildman–Crippen LogP) is 3.40. The first-order chi connectivity index (χ1) is 11.6. The maximum atomic E-state index is 4.65. The lowest BCUT2D eigenvalue weighted by Gasteiger charge is -2.29. The van der Waals surface area contributed by atoms with Crippen molar-refractivity contribution in [2.24, 2.45) is 11.8 Å². The van der Waals surface area contributed by atoms with Crippen molar-refractivity contribution < 1.29 is 0 Å². The molecule has 5 heteroatoms. The second-order valence-electron chi connectivity index (χ2n) is 8.28. The number of aromatic nitrogens is 3. The lowest BCUT2D eigenvalue weighted by atomic mass is 9.89. The van der Waals surface area contributed by atoms with Crippen LogP contribution in [0.2, 0.25) is 0 Å². The highest BCUT2D eigenvalue weighted by Crippen LogP contribution is 2.28. The Morgan fingerprint density at radius 3 is 2.54 bits per heavy atom. The van der Waals surface area contributed by atoms with Gasteiger partial charge in [0.1, 0.15) is 5.82 Å². The van der Waals surface area contributed by atoms with E-state index < -0.39 is 0 Å². The first-order valence-corrected chi connectivity index (χ1v) is 9.97. The van der Waals surface area contributed by atoms with Gasteiger partial charge in [-0.15, -0.1) is 0 Å². The Hall–Kier alpha value is -0.940. The minimum absolute atomic E-state index is 0.369. The minimum Gasteiger partial charge on any atom is -0.302 e.